The molecular weight excluding hydrogens is 336 g/mol. The quantitative estimate of drug-likeness (QED) is 0.884. The Morgan fingerprint density at radius 1 is 1.44 bits per heavy atom. The van der Waals surface area contributed by atoms with Crippen molar-refractivity contribution in [2.45, 2.75) is 18.6 Å². The lowest BCUT2D eigenvalue weighted by molar-refractivity contribution is 0.0517. The molecule has 5 heteroatoms. The number of hydrogen-bond donors (Lipinski definition) is 1. The Kier molecular flexibility index (Phi) is 3.36. The van der Waals surface area contributed by atoms with Crippen molar-refractivity contribution in [2.75, 3.05) is 0 Å². The Bertz CT molecular complexity index is 540. The molecule has 2 heterocycles. The third-order valence-electron chi connectivity index (χ3n) is 2.98. The zero-order valence-electron chi connectivity index (χ0n) is 9.27. The number of aliphatic hydroxyl groups excluding tert-OH is 1. The minimum Gasteiger partial charge on any atom is -0.487 e. The second kappa shape index (κ2) is 4.85. The molecule has 1 aliphatic rings. The molecule has 0 aliphatic carbocycles. The Balaban J connectivity index is 1.82. The summed E-state index contributed by atoms with van der Waals surface area (Å²) < 4.78 is 6.61. The van der Waals surface area contributed by atoms with Crippen LogP contribution in [-0.4, -0.2) is 11.2 Å². The molecule has 2 aromatic rings. The molecule has 0 saturated carbocycles. The van der Waals surface area contributed by atoms with E-state index in [0.29, 0.717) is 5.02 Å². The van der Waals surface area contributed by atoms with E-state index in [1.807, 2.05) is 24.3 Å². The summed E-state index contributed by atoms with van der Waals surface area (Å²) in [7, 11) is 0. The number of hydrogen-bond acceptors (Lipinski definition) is 3. The van der Waals surface area contributed by atoms with Gasteiger partial charge in [0.25, 0.3) is 0 Å². The maximum Gasteiger partial charge on any atom is 0.134 e. The van der Waals surface area contributed by atoms with Gasteiger partial charge in [0.2, 0.25) is 0 Å². The first kappa shape index (κ1) is 12.5. The predicted octanol–water partition coefficient (Wildman–Crippen LogP) is 4.20. The predicted molar refractivity (Wildman–Crippen MR) is 76.6 cm³/mol. The maximum atomic E-state index is 10.3. The normalized spacial score (nSPS) is 19.4. The van der Waals surface area contributed by atoms with Gasteiger partial charge in [0.15, 0.2) is 0 Å². The number of halogens is 2. The fourth-order valence-electron chi connectivity index (χ4n) is 2.08. The van der Waals surface area contributed by atoms with Gasteiger partial charge >= 0.3 is 0 Å². The monoisotopic (exact) mass is 344 g/mol. The molecule has 2 nitrogen and oxygen atoms in total. The lowest BCUT2D eigenvalue weighted by Gasteiger charge is -2.16. The molecule has 18 heavy (non-hydrogen) atoms. The average Bonchev–Trinajstić information content (AvgIpc) is 2.93. The van der Waals surface area contributed by atoms with Crippen LogP contribution in [0.2, 0.25) is 5.02 Å². The highest BCUT2D eigenvalue weighted by Gasteiger charge is 2.31. The lowest BCUT2D eigenvalue weighted by atomic mass is 10.1. The summed E-state index contributed by atoms with van der Waals surface area (Å²) in [5.74, 6) is 0.864. The van der Waals surface area contributed by atoms with Crippen LogP contribution in [0.15, 0.2) is 34.1 Å². The van der Waals surface area contributed by atoms with E-state index < -0.39 is 6.10 Å². The second-order valence-electron chi connectivity index (χ2n) is 4.18. The average molecular weight is 346 g/mol. The molecule has 3 rings (SSSR count). The number of rotatable bonds is 2. The largest absolute Gasteiger partial charge is 0.487 e. The van der Waals surface area contributed by atoms with Crippen LogP contribution in [0.25, 0.3) is 0 Å². The number of fused-ring (bicyclic) bond motifs is 1. The molecule has 1 aromatic heterocycles. The van der Waals surface area contributed by atoms with Crippen LogP contribution < -0.4 is 4.74 Å². The van der Waals surface area contributed by atoms with E-state index in [4.69, 9.17) is 16.3 Å². The van der Waals surface area contributed by atoms with Gasteiger partial charge in [-0.05, 0) is 33.6 Å². The Labute approximate surface area is 122 Å². The maximum absolute atomic E-state index is 10.3. The smallest absolute Gasteiger partial charge is 0.134 e. The number of aliphatic hydroxyl groups is 1. The van der Waals surface area contributed by atoms with E-state index in [0.717, 1.165) is 26.4 Å². The fourth-order valence-corrected chi connectivity index (χ4v) is 3.86. The highest BCUT2D eigenvalue weighted by Crippen LogP contribution is 2.40. The molecule has 2 unspecified atom stereocenters. The van der Waals surface area contributed by atoms with Crippen LogP contribution in [-0.2, 0) is 6.42 Å². The molecule has 0 radical (unpaired) electrons. The van der Waals surface area contributed by atoms with Crippen LogP contribution in [0.4, 0.5) is 0 Å². The summed E-state index contributed by atoms with van der Waals surface area (Å²) in [5.41, 5.74) is 1.14. The van der Waals surface area contributed by atoms with Crippen LogP contribution in [0.5, 0.6) is 5.75 Å². The van der Waals surface area contributed by atoms with E-state index >= 15 is 0 Å². The molecular formula is C13H10BrClO2S. The van der Waals surface area contributed by atoms with Crippen LogP contribution in [0.3, 0.4) is 0 Å². The molecule has 94 valence electrons. The van der Waals surface area contributed by atoms with Gasteiger partial charge in [0, 0.05) is 11.3 Å². The summed E-state index contributed by atoms with van der Waals surface area (Å²) in [4.78, 5) is 0.824. The molecule has 0 amide bonds. The first-order valence-corrected chi connectivity index (χ1v) is 7.51. The highest BCUT2D eigenvalue weighted by molar-refractivity contribution is 9.11. The first-order valence-electron chi connectivity index (χ1n) is 5.52. The fraction of sp³-hybridized carbons (Fsp3) is 0.231. The van der Waals surface area contributed by atoms with Gasteiger partial charge in [-0.2, -0.15) is 0 Å². The van der Waals surface area contributed by atoms with E-state index in [2.05, 4.69) is 15.9 Å². The third-order valence-corrected chi connectivity index (χ3v) is 5.53. The zero-order valence-corrected chi connectivity index (χ0v) is 12.4. The minimum absolute atomic E-state index is 0.232. The molecule has 1 aromatic carbocycles. The standard InChI is InChI=1S/C13H10BrClO2S/c14-13-8(15)6-11(18-13)12(16)10-5-7-3-1-2-4-9(7)17-10/h1-4,6,10,12,16H,5H2. The first-order chi connectivity index (χ1) is 8.65. The topological polar surface area (TPSA) is 29.5 Å². The highest BCUT2D eigenvalue weighted by atomic mass is 79.9. The Hall–Kier alpha value is -0.550. The summed E-state index contributed by atoms with van der Waals surface area (Å²) in [5, 5.41) is 11.0. The number of benzene rings is 1. The van der Waals surface area contributed by atoms with Gasteiger partial charge in [-0.15, -0.1) is 11.3 Å². The van der Waals surface area contributed by atoms with E-state index in [-0.39, 0.29) is 6.10 Å². The van der Waals surface area contributed by atoms with Crippen molar-refractivity contribution in [2.24, 2.45) is 0 Å². The van der Waals surface area contributed by atoms with E-state index in [1.165, 1.54) is 11.3 Å². The van der Waals surface area contributed by atoms with Gasteiger partial charge in [-0.3, -0.25) is 0 Å². The number of ether oxygens (including phenoxy) is 1. The molecule has 0 fully saturated rings. The van der Waals surface area contributed by atoms with E-state index in [1.54, 1.807) is 6.07 Å². The molecule has 2 atom stereocenters. The molecule has 0 bridgehead atoms. The van der Waals surface area contributed by atoms with Crippen LogP contribution in [0.1, 0.15) is 16.5 Å². The van der Waals surface area contributed by atoms with Crippen molar-refractivity contribution in [3.8, 4) is 5.75 Å². The molecule has 1 N–H and O–H groups in total. The van der Waals surface area contributed by atoms with Crippen molar-refractivity contribution in [1.82, 2.24) is 0 Å². The van der Waals surface area contributed by atoms with Gasteiger partial charge in [0.05, 0.1) is 8.81 Å². The molecule has 1 aliphatic heterocycles. The van der Waals surface area contributed by atoms with Crippen LogP contribution in [0, 0.1) is 0 Å². The number of para-hydroxylation sites is 1. The zero-order chi connectivity index (χ0) is 12.7. The number of thiophene rings is 1. The van der Waals surface area contributed by atoms with Crippen molar-refractivity contribution < 1.29 is 9.84 Å². The summed E-state index contributed by atoms with van der Waals surface area (Å²) >= 11 is 10.8. The summed E-state index contributed by atoms with van der Waals surface area (Å²) in [6.45, 7) is 0. The van der Waals surface area contributed by atoms with Gasteiger partial charge in [-0.1, -0.05) is 29.8 Å². The van der Waals surface area contributed by atoms with Crippen molar-refractivity contribution in [3.63, 3.8) is 0 Å². The van der Waals surface area contributed by atoms with Crippen LogP contribution >= 0.6 is 38.9 Å². The second-order valence-corrected chi connectivity index (χ2v) is 6.99. The van der Waals surface area contributed by atoms with Crippen molar-refractivity contribution in [1.29, 1.82) is 0 Å². The summed E-state index contributed by atoms with van der Waals surface area (Å²) in [6, 6.07) is 9.66. The molecule has 0 spiro atoms. The van der Waals surface area contributed by atoms with Gasteiger partial charge < -0.3 is 9.84 Å². The van der Waals surface area contributed by atoms with Gasteiger partial charge in [-0.25, -0.2) is 0 Å². The van der Waals surface area contributed by atoms with E-state index in [9.17, 15) is 5.11 Å². The third kappa shape index (κ3) is 2.18. The lowest BCUT2D eigenvalue weighted by Crippen LogP contribution is -2.22. The van der Waals surface area contributed by atoms with Crippen molar-refractivity contribution >= 4 is 38.9 Å². The van der Waals surface area contributed by atoms with Gasteiger partial charge in [0.1, 0.15) is 18.0 Å². The SMILES string of the molecule is OC(c1cc(Cl)c(Br)s1)C1Cc2ccccc2O1. The Morgan fingerprint density at radius 3 is 2.89 bits per heavy atom. The Morgan fingerprint density at radius 2 is 2.22 bits per heavy atom. The molecule has 0 saturated heterocycles. The minimum atomic E-state index is -0.647. The summed E-state index contributed by atoms with van der Waals surface area (Å²) in [6.07, 6.45) is -0.153. The van der Waals surface area contributed by atoms with Crippen molar-refractivity contribution in [3.05, 3.63) is 49.6 Å².